The SMILES string of the molecule is NC1CN(Cc2ccccc2)CC1c1cccnc1. The number of nitrogens with two attached hydrogens (primary N) is 1. The average molecular weight is 253 g/mol. The van der Waals surface area contributed by atoms with E-state index in [1.54, 1.807) is 0 Å². The molecule has 0 aliphatic carbocycles. The number of likely N-dealkylation sites (tertiary alicyclic amines) is 1. The highest BCUT2D eigenvalue weighted by Crippen LogP contribution is 2.26. The summed E-state index contributed by atoms with van der Waals surface area (Å²) in [6.07, 6.45) is 3.75. The van der Waals surface area contributed by atoms with Crippen LogP contribution < -0.4 is 5.73 Å². The molecule has 98 valence electrons. The third kappa shape index (κ3) is 2.83. The number of hydrogen-bond donors (Lipinski definition) is 1. The van der Waals surface area contributed by atoms with E-state index in [-0.39, 0.29) is 6.04 Å². The molecule has 1 aliphatic heterocycles. The van der Waals surface area contributed by atoms with Gasteiger partial charge in [-0.05, 0) is 17.2 Å². The highest BCUT2D eigenvalue weighted by atomic mass is 15.2. The van der Waals surface area contributed by atoms with E-state index < -0.39 is 0 Å². The van der Waals surface area contributed by atoms with Crippen molar-refractivity contribution >= 4 is 0 Å². The standard InChI is InChI=1S/C16H19N3/c17-16-12-19(10-13-5-2-1-3-6-13)11-15(16)14-7-4-8-18-9-14/h1-9,15-16H,10-12,17H2. The largest absolute Gasteiger partial charge is 0.326 e. The second-order valence-electron chi connectivity index (χ2n) is 5.24. The summed E-state index contributed by atoms with van der Waals surface area (Å²) < 4.78 is 0. The van der Waals surface area contributed by atoms with Crippen molar-refractivity contribution in [3.05, 3.63) is 66.0 Å². The summed E-state index contributed by atoms with van der Waals surface area (Å²) in [5, 5.41) is 0. The minimum Gasteiger partial charge on any atom is -0.326 e. The van der Waals surface area contributed by atoms with Crippen LogP contribution in [0.15, 0.2) is 54.9 Å². The van der Waals surface area contributed by atoms with Crippen molar-refractivity contribution in [1.82, 2.24) is 9.88 Å². The van der Waals surface area contributed by atoms with Crippen LogP contribution in [0.25, 0.3) is 0 Å². The molecule has 19 heavy (non-hydrogen) atoms. The van der Waals surface area contributed by atoms with Gasteiger partial charge in [-0.2, -0.15) is 0 Å². The molecule has 1 fully saturated rings. The molecule has 3 rings (SSSR count). The molecule has 2 atom stereocenters. The Morgan fingerprint density at radius 1 is 1.11 bits per heavy atom. The summed E-state index contributed by atoms with van der Waals surface area (Å²) in [4.78, 5) is 6.63. The molecule has 2 aromatic rings. The molecule has 0 spiro atoms. The number of nitrogens with zero attached hydrogens (tertiary/aromatic N) is 2. The first-order valence-electron chi connectivity index (χ1n) is 6.75. The molecule has 0 radical (unpaired) electrons. The first kappa shape index (κ1) is 12.3. The highest BCUT2D eigenvalue weighted by Gasteiger charge is 2.31. The lowest BCUT2D eigenvalue weighted by Gasteiger charge is -2.15. The first-order valence-corrected chi connectivity index (χ1v) is 6.75. The Bertz CT molecular complexity index is 512. The smallest absolute Gasteiger partial charge is 0.0303 e. The number of rotatable bonds is 3. The van der Waals surface area contributed by atoms with Gasteiger partial charge in [0.25, 0.3) is 0 Å². The fourth-order valence-electron chi connectivity index (χ4n) is 2.83. The molecule has 2 unspecified atom stereocenters. The van der Waals surface area contributed by atoms with Gasteiger partial charge in [0.05, 0.1) is 0 Å². The quantitative estimate of drug-likeness (QED) is 0.910. The first-order chi connectivity index (χ1) is 9.33. The summed E-state index contributed by atoms with van der Waals surface area (Å²) in [5.74, 6) is 0.400. The van der Waals surface area contributed by atoms with E-state index in [0.717, 1.165) is 19.6 Å². The minimum absolute atomic E-state index is 0.202. The van der Waals surface area contributed by atoms with E-state index in [1.165, 1.54) is 11.1 Å². The normalized spacial score (nSPS) is 23.6. The topological polar surface area (TPSA) is 42.1 Å². The van der Waals surface area contributed by atoms with E-state index in [1.807, 2.05) is 18.5 Å². The molecule has 1 saturated heterocycles. The summed E-state index contributed by atoms with van der Waals surface area (Å²) in [7, 11) is 0. The maximum atomic E-state index is 6.29. The van der Waals surface area contributed by atoms with Crippen LogP contribution in [0.5, 0.6) is 0 Å². The molecular weight excluding hydrogens is 234 g/mol. The van der Waals surface area contributed by atoms with Crippen molar-refractivity contribution in [1.29, 1.82) is 0 Å². The van der Waals surface area contributed by atoms with E-state index in [9.17, 15) is 0 Å². The van der Waals surface area contributed by atoms with E-state index >= 15 is 0 Å². The van der Waals surface area contributed by atoms with Crippen molar-refractivity contribution in [2.45, 2.75) is 18.5 Å². The second kappa shape index (κ2) is 5.51. The Hall–Kier alpha value is -1.71. The fraction of sp³-hybridized carbons (Fsp3) is 0.312. The molecule has 2 heterocycles. The summed E-state index contributed by atoms with van der Waals surface area (Å²) in [6.45, 7) is 2.95. The summed E-state index contributed by atoms with van der Waals surface area (Å²) in [5.41, 5.74) is 8.89. The molecule has 3 heteroatoms. The fourth-order valence-corrected chi connectivity index (χ4v) is 2.83. The molecule has 0 saturated carbocycles. The van der Waals surface area contributed by atoms with Crippen LogP contribution in [0.3, 0.4) is 0 Å². The number of hydrogen-bond acceptors (Lipinski definition) is 3. The summed E-state index contributed by atoms with van der Waals surface area (Å²) in [6, 6.07) is 14.9. The number of benzene rings is 1. The Balaban J connectivity index is 1.69. The van der Waals surface area contributed by atoms with Crippen LogP contribution >= 0.6 is 0 Å². The van der Waals surface area contributed by atoms with Crippen molar-refractivity contribution in [3.63, 3.8) is 0 Å². The Labute approximate surface area is 114 Å². The lowest BCUT2D eigenvalue weighted by Crippen LogP contribution is -2.28. The lowest BCUT2D eigenvalue weighted by atomic mass is 9.97. The Morgan fingerprint density at radius 3 is 2.68 bits per heavy atom. The lowest BCUT2D eigenvalue weighted by molar-refractivity contribution is 0.324. The zero-order valence-corrected chi connectivity index (χ0v) is 10.9. The molecule has 2 N–H and O–H groups in total. The van der Waals surface area contributed by atoms with Gasteiger partial charge in [-0.25, -0.2) is 0 Å². The molecule has 0 amide bonds. The van der Waals surface area contributed by atoms with Gasteiger partial charge >= 0.3 is 0 Å². The van der Waals surface area contributed by atoms with Gasteiger partial charge in [-0.15, -0.1) is 0 Å². The van der Waals surface area contributed by atoms with Gasteiger partial charge in [0.2, 0.25) is 0 Å². The minimum atomic E-state index is 0.202. The maximum absolute atomic E-state index is 6.29. The van der Waals surface area contributed by atoms with Gasteiger partial charge in [0, 0.05) is 44.0 Å². The van der Waals surface area contributed by atoms with Crippen LogP contribution in [0.4, 0.5) is 0 Å². The molecule has 0 bridgehead atoms. The van der Waals surface area contributed by atoms with Crippen molar-refractivity contribution in [3.8, 4) is 0 Å². The van der Waals surface area contributed by atoms with Crippen LogP contribution in [0.2, 0.25) is 0 Å². The number of aromatic nitrogens is 1. The van der Waals surface area contributed by atoms with Crippen LogP contribution in [0.1, 0.15) is 17.0 Å². The van der Waals surface area contributed by atoms with Crippen LogP contribution in [-0.2, 0) is 6.54 Å². The molecule has 3 nitrogen and oxygen atoms in total. The predicted octanol–water partition coefficient (Wildman–Crippen LogP) is 2.01. The average Bonchev–Trinajstić information content (AvgIpc) is 2.82. The Kier molecular flexibility index (Phi) is 3.58. The van der Waals surface area contributed by atoms with Gasteiger partial charge in [-0.3, -0.25) is 9.88 Å². The molecule has 1 aliphatic rings. The van der Waals surface area contributed by atoms with E-state index in [0.29, 0.717) is 5.92 Å². The van der Waals surface area contributed by atoms with Crippen LogP contribution in [-0.4, -0.2) is 29.0 Å². The molecule has 1 aromatic carbocycles. The van der Waals surface area contributed by atoms with E-state index in [2.05, 4.69) is 46.3 Å². The molecule has 1 aromatic heterocycles. The summed E-state index contributed by atoms with van der Waals surface area (Å²) >= 11 is 0. The maximum Gasteiger partial charge on any atom is 0.0303 e. The Morgan fingerprint density at radius 2 is 1.95 bits per heavy atom. The third-order valence-electron chi connectivity index (χ3n) is 3.80. The monoisotopic (exact) mass is 253 g/mol. The number of pyridine rings is 1. The van der Waals surface area contributed by atoms with Gasteiger partial charge in [0.15, 0.2) is 0 Å². The van der Waals surface area contributed by atoms with Gasteiger partial charge in [-0.1, -0.05) is 36.4 Å². The zero-order chi connectivity index (χ0) is 13.1. The second-order valence-corrected chi connectivity index (χ2v) is 5.24. The van der Waals surface area contributed by atoms with Crippen LogP contribution in [0, 0.1) is 0 Å². The van der Waals surface area contributed by atoms with Gasteiger partial charge < -0.3 is 5.73 Å². The van der Waals surface area contributed by atoms with E-state index in [4.69, 9.17) is 5.73 Å². The zero-order valence-electron chi connectivity index (χ0n) is 10.9. The highest BCUT2D eigenvalue weighted by molar-refractivity contribution is 5.21. The molecular formula is C16H19N3. The predicted molar refractivity (Wildman–Crippen MR) is 76.7 cm³/mol. The van der Waals surface area contributed by atoms with Gasteiger partial charge in [0.1, 0.15) is 0 Å². The van der Waals surface area contributed by atoms with Crippen molar-refractivity contribution in [2.24, 2.45) is 5.73 Å². The van der Waals surface area contributed by atoms with Crippen molar-refractivity contribution in [2.75, 3.05) is 13.1 Å². The third-order valence-corrected chi connectivity index (χ3v) is 3.80. The van der Waals surface area contributed by atoms with Crippen molar-refractivity contribution < 1.29 is 0 Å².